The summed E-state index contributed by atoms with van der Waals surface area (Å²) in [4.78, 5) is 34.0. The van der Waals surface area contributed by atoms with E-state index in [-0.39, 0.29) is 12.7 Å². The monoisotopic (exact) mass is 439 g/mol. The zero-order valence-corrected chi connectivity index (χ0v) is 19.5. The number of allylic oxidation sites excluding steroid dienone is 3. The van der Waals surface area contributed by atoms with Crippen molar-refractivity contribution in [2.75, 3.05) is 32.8 Å². The minimum atomic E-state index is -0.526. The zero-order valence-electron chi connectivity index (χ0n) is 19.5. The van der Waals surface area contributed by atoms with Crippen LogP contribution >= 0.6 is 0 Å². The summed E-state index contributed by atoms with van der Waals surface area (Å²) in [5, 5.41) is 0. The fourth-order valence-corrected chi connectivity index (χ4v) is 3.68. The Balaban J connectivity index is 1.87. The van der Waals surface area contributed by atoms with Crippen molar-refractivity contribution in [1.29, 1.82) is 0 Å². The number of nitrogens with zero attached hydrogens (tertiary/aromatic N) is 3. The molecule has 7 nitrogen and oxygen atoms in total. The Morgan fingerprint density at radius 1 is 1.06 bits per heavy atom. The lowest BCUT2D eigenvalue weighted by atomic mass is 10.1. The number of aliphatic imine (C=N–C) groups is 1. The Kier molecular flexibility index (Phi) is 7.72. The molecule has 0 N–H and O–H groups in total. The lowest BCUT2D eigenvalue weighted by Crippen LogP contribution is -2.49. The fraction of sp³-hybridized carbons (Fsp3) is 0.480. The Labute approximate surface area is 190 Å². The first-order valence-electron chi connectivity index (χ1n) is 11.2. The highest BCUT2D eigenvalue weighted by atomic mass is 16.6. The first kappa shape index (κ1) is 23.6. The molecule has 1 aromatic carbocycles. The first-order valence-corrected chi connectivity index (χ1v) is 11.2. The van der Waals surface area contributed by atoms with Gasteiger partial charge in [0.05, 0.1) is 12.3 Å². The van der Waals surface area contributed by atoms with Gasteiger partial charge in [0.25, 0.3) is 0 Å². The molecule has 2 aliphatic heterocycles. The normalized spacial score (nSPS) is 22.3. The molecule has 2 aliphatic rings. The van der Waals surface area contributed by atoms with E-state index in [4.69, 9.17) is 14.5 Å². The van der Waals surface area contributed by atoms with Crippen LogP contribution in [0.2, 0.25) is 0 Å². The highest BCUT2D eigenvalue weighted by Gasteiger charge is 2.29. The molecule has 172 valence electrons. The summed E-state index contributed by atoms with van der Waals surface area (Å²) in [6.45, 7) is 9.94. The van der Waals surface area contributed by atoms with Gasteiger partial charge in [-0.25, -0.2) is 14.6 Å². The van der Waals surface area contributed by atoms with Crippen molar-refractivity contribution >= 4 is 17.8 Å². The van der Waals surface area contributed by atoms with Crippen LogP contribution in [0.3, 0.4) is 0 Å². The molecule has 32 heavy (non-hydrogen) atoms. The summed E-state index contributed by atoms with van der Waals surface area (Å²) >= 11 is 0. The topological polar surface area (TPSA) is 71.4 Å². The van der Waals surface area contributed by atoms with Crippen LogP contribution in [0.1, 0.15) is 46.1 Å². The number of carbonyl (C=O) groups is 2. The van der Waals surface area contributed by atoms with Gasteiger partial charge in [-0.3, -0.25) is 0 Å². The van der Waals surface area contributed by atoms with Gasteiger partial charge >= 0.3 is 12.1 Å². The predicted octanol–water partition coefficient (Wildman–Crippen LogP) is 4.15. The van der Waals surface area contributed by atoms with Crippen LogP contribution in [-0.2, 0) is 14.3 Å². The maximum Gasteiger partial charge on any atom is 0.410 e. The molecule has 3 rings (SSSR count). The SMILES string of the molecule is CCOC(=O)C1=C(/N2CCN(C(=O)OC(C)(C)C)CC2)CC\C=C/C(c2ccccc2)=N/1. The Morgan fingerprint density at radius 2 is 1.75 bits per heavy atom. The minimum Gasteiger partial charge on any atom is -0.461 e. The van der Waals surface area contributed by atoms with Gasteiger partial charge in [-0.2, -0.15) is 0 Å². The van der Waals surface area contributed by atoms with Crippen molar-refractivity contribution in [2.24, 2.45) is 4.99 Å². The van der Waals surface area contributed by atoms with Crippen LogP contribution in [-0.4, -0.2) is 66.0 Å². The molecular weight excluding hydrogens is 406 g/mol. The van der Waals surface area contributed by atoms with Gasteiger partial charge in [-0.05, 0) is 46.6 Å². The smallest absolute Gasteiger partial charge is 0.410 e. The van der Waals surface area contributed by atoms with E-state index in [2.05, 4.69) is 11.0 Å². The predicted molar refractivity (Wildman–Crippen MR) is 124 cm³/mol. The van der Waals surface area contributed by atoms with Crippen LogP contribution < -0.4 is 0 Å². The van der Waals surface area contributed by atoms with Gasteiger partial charge in [0.15, 0.2) is 5.70 Å². The quantitative estimate of drug-likeness (QED) is 0.659. The first-order chi connectivity index (χ1) is 15.3. The number of ether oxygens (including phenoxy) is 2. The number of benzene rings is 1. The fourth-order valence-electron chi connectivity index (χ4n) is 3.68. The molecule has 1 fully saturated rings. The molecule has 0 aromatic heterocycles. The van der Waals surface area contributed by atoms with E-state index in [0.29, 0.717) is 38.3 Å². The Bertz CT molecular complexity index is 905. The van der Waals surface area contributed by atoms with E-state index in [9.17, 15) is 9.59 Å². The summed E-state index contributed by atoms with van der Waals surface area (Å²) in [5.41, 5.74) is 2.37. The van der Waals surface area contributed by atoms with Crippen LogP contribution in [0.4, 0.5) is 4.79 Å². The summed E-state index contributed by atoms with van der Waals surface area (Å²) < 4.78 is 10.9. The van der Waals surface area contributed by atoms with Crippen molar-refractivity contribution in [1.82, 2.24) is 9.80 Å². The molecule has 1 amide bonds. The van der Waals surface area contributed by atoms with Crippen LogP contribution in [0, 0.1) is 0 Å². The molecule has 0 bridgehead atoms. The third-order valence-corrected chi connectivity index (χ3v) is 5.18. The van der Waals surface area contributed by atoms with Crippen molar-refractivity contribution in [3.05, 3.63) is 59.4 Å². The number of hydrogen-bond donors (Lipinski definition) is 0. The van der Waals surface area contributed by atoms with Gasteiger partial charge in [-0.15, -0.1) is 0 Å². The molecule has 0 unspecified atom stereocenters. The maximum atomic E-state index is 12.9. The third kappa shape index (κ3) is 6.22. The molecule has 7 heteroatoms. The standard InChI is InChI=1S/C25H33N3O4/c1-5-31-23(29)22-21(14-10-9-13-20(26-22)19-11-7-6-8-12-19)27-15-17-28(18-16-27)24(30)32-25(2,3)4/h6-9,11-13H,5,10,14-18H2,1-4H3/b13-9-,22-21+,26-20-. The van der Waals surface area contributed by atoms with Gasteiger partial charge in [-0.1, -0.05) is 36.4 Å². The van der Waals surface area contributed by atoms with Gasteiger partial charge in [0.2, 0.25) is 0 Å². The highest BCUT2D eigenvalue weighted by molar-refractivity contribution is 6.11. The summed E-state index contributed by atoms with van der Waals surface area (Å²) in [6, 6.07) is 9.82. The number of hydrogen-bond acceptors (Lipinski definition) is 6. The summed E-state index contributed by atoms with van der Waals surface area (Å²) in [6.07, 6.45) is 5.22. The minimum absolute atomic E-state index is 0.286. The van der Waals surface area contributed by atoms with Crippen molar-refractivity contribution in [3.63, 3.8) is 0 Å². The van der Waals surface area contributed by atoms with E-state index in [1.807, 2.05) is 57.2 Å². The number of esters is 1. The van der Waals surface area contributed by atoms with E-state index in [1.54, 1.807) is 11.8 Å². The van der Waals surface area contributed by atoms with Gasteiger partial charge in [0, 0.05) is 37.4 Å². The molecule has 0 aliphatic carbocycles. The molecule has 1 aromatic rings. The number of amides is 1. The molecule has 2 heterocycles. The number of rotatable bonds is 4. The second-order valence-corrected chi connectivity index (χ2v) is 8.77. The Morgan fingerprint density at radius 3 is 2.38 bits per heavy atom. The van der Waals surface area contributed by atoms with Crippen LogP contribution in [0.25, 0.3) is 0 Å². The summed E-state index contributed by atoms with van der Waals surface area (Å²) in [7, 11) is 0. The Hall–Kier alpha value is -3.09. The van der Waals surface area contributed by atoms with Gasteiger partial charge < -0.3 is 19.3 Å². The van der Waals surface area contributed by atoms with Crippen molar-refractivity contribution < 1.29 is 19.1 Å². The molecule has 0 atom stereocenters. The summed E-state index contributed by atoms with van der Waals surface area (Å²) in [5.74, 6) is -0.416. The molecule has 0 radical (unpaired) electrons. The lowest BCUT2D eigenvalue weighted by molar-refractivity contribution is -0.138. The average Bonchev–Trinajstić information content (AvgIpc) is 2.74. The van der Waals surface area contributed by atoms with Crippen molar-refractivity contribution in [3.8, 4) is 0 Å². The van der Waals surface area contributed by atoms with E-state index in [1.165, 1.54) is 0 Å². The van der Waals surface area contributed by atoms with E-state index in [0.717, 1.165) is 23.4 Å². The van der Waals surface area contributed by atoms with Crippen LogP contribution in [0.15, 0.2) is 58.9 Å². The highest BCUT2D eigenvalue weighted by Crippen LogP contribution is 2.24. The lowest BCUT2D eigenvalue weighted by Gasteiger charge is -2.38. The second-order valence-electron chi connectivity index (χ2n) is 8.77. The van der Waals surface area contributed by atoms with E-state index >= 15 is 0 Å². The van der Waals surface area contributed by atoms with E-state index < -0.39 is 11.6 Å². The largest absolute Gasteiger partial charge is 0.461 e. The third-order valence-electron chi connectivity index (χ3n) is 5.18. The maximum absolute atomic E-state index is 12.9. The zero-order chi connectivity index (χ0) is 23.1. The molecular formula is C25H33N3O4. The molecule has 0 saturated carbocycles. The average molecular weight is 440 g/mol. The molecule has 0 spiro atoms. The van der Waals surface area contributed by atoms with Gasteiger partial charge in [0.1, 0.15) is 5.60 Å². The van der Waals surface area contributed by atoms with Crippen molar-refractivity contribution in [2.45, 2.75) is 46.1 Å². The molecule has 1 saturated heterocycles. The van der Waals surface area contributed by atoms with Crippen LogP contribution in [0.5, 0.6) is 0 Å². The second kappa shape index (κ2) is 10.5. The number of carbonyl (C=O) groups excluding carboxylic acids is 2. The number of piperazine rings is 1.